The molecule has 0 fully saturated rings. The van der Waals surface area contributed by atoms with Crippen LogP contribution < -0.4 is 9.47 Å². The number of carbonyl (C=O) groups excluding carboxylic acids is 1. The molecule has 0 spiro atoms. The lowest BCUT2D eigenvalue weighted by atomic mass is 10.2. The van der Waals surface area contributed by atoms with E-state index in [0.29, 0.717) is 5.75 Å². The quantitative estimate of drug-likeness (QED) is 0.468. The van der Waals surface area contributed by atoms with E-state index >= 15 is 0 Å². The molecule has 7 nitrogen and oxygen atoms in total. The van der Waals surface area contributed by atoms with Crippen LogP contribution in [0.15, 0.2) is 36.4 Å². The predicted octanol–water partition coefficient (Wildman–Crippen LogP) is 3.84. The minimum absolute atomic E-state index is 0.0397. The minimum Gasteiger partial charge on any atom is -0.497 e. The zero-order valence-corrected chi connectivity index (χ0v) is 13.0. The summed E-state index contributed by atoms with van der Waals surface area (Å²) < 4.78 is 15.4. The van der Waals surface area contributed by atoms with Gasteiger partial charge in [-0.15, -0.1) is 0 Å². The number of esters is 1. The maximum atomic E-state index is 11.8. The van der Waals surface area contributed by atoms with Crippen molar-refractivity contribution in [1.82, 2.24) is 0 Å². The molecule has 0 aliphatic heterocycles. The zero-order valence-electron chi connectivity index (χ0n) is 12.2. The van der Waals surface area contributed by atoms with E-state index in [2.05, 4.69) is 4.74 Å². The van der Waals surface area contributed by atoms with Crippen LogP contribution in [0.5, 0.6) is 17.2 Å². The van der Waals surface area contributed by atoms with Gasteiger partial charge in [0.05, 0.1) is 24.2 Å². The highest BCUT2D eigenvalue weighted by Gasteiger charge is 2.17. The van der Waals surface area contributed by atoms with Crippen molar-refractivity contribution in [3.8, 4) is 17.2 Å². The van der Waals surface area contributed by atoms with Gasteiger partial charge in [0, 0.05) is 18.2 Å². The molecular weight excluding hydrogens is 326 g/mol. The van der Waals surface area contributed by atoms with Crippen LogP contribution in [0, 0.1) is 10.1 Å². The molecule has 0 unspecified atom stereocenters. The average molecular weight is 338 g/mol. The van der Waals surface area contributed by atoms with Gasteiger partial charge in [-0.3, -0.25) is 10.1 Å². The molecule has 0 atom stereocenters. The largest absolute Gasteiger partial charge is 0.497 e. The molecule has 23 heavy (non-hydrogen) atoms. The summed E-state index contributed by atoms with van der Waals surface area (Å²) >= 11 is 5.99. The number of hydrogen-bond donors (Lipinski definition) is 0. The summed E-state index contributed by atoms with van der Waals surface area (Å²) in [5, 5.41) is 10.8. The van der Waals surface area contributed by atoms with E-state index in [9.17, 15) is 14.9 Å². The molecule has 2 aromatic rings. The Morgan fingerprint density at radius 1 is 1.13 bits per heavy atom. The fraction of sp³-hybridized carbons (Fsp3) is 0.133. The zero-order chi connectivity index (χ0) is 17.0. The van der Waals surface area contributed by atoms with E-state index in [0.717, 1.165) is 6.07 Å². The molecule has 120 valence electrons. The molecule has 0 amide bonds. The fourth-order valence-corrected chi connectivity index (χ4v) is 2.01. The van der Waals surface area contributed by atoms with Gasteiger partial charge < -0.3 is 14.2 Å². The second-order valence-electron chi connectivity index (χ2n) is 4.33. The second kappa shape index (κ2) is 6.97. The number of halogens is 1. The Balaban J connectivity index is 2.42. The van der Waals surface area contributed by atoms with Gasteiger partial charge in [0.15, 0.2) is 0 Å². The third kappa shape index (κ3) is 3.70. The van der Waals surface area contributed by atoms with Crippen molar-refractivity contribution in [2.45, 2.75) is 0 Å². The molecule has 8 heteroatoms. The molecule has 0 radical (unpaired) electrons. The number of nitrogens with zero attached hydrogens (tertiary/aromatic N) is 1. The fourth-order valence-electron chi connectivity index (χ4n) is 1.80. The molecule has 0 saturated carbocycles. The normalized spacial score (nSPS) is 10.0. The minimum atomic E-state index is -0.597. The lowest BCUT2D eigenvalue weighted by molar-refractivity contribution is -0.384. The molecule has 0 aliphatic rings. The molecule has 0 aromatic heterocycles. The molecule has 0 heterocycles. The topological polar surface area (TPSA) is 87.9 Å². The number of non-ortho nitro benzene ring substituents is 1. The van der Waals surface area contributed by atoms with E-state index in [1.807, 2.05) is 0 Å². The van der Waals surface area contributed by atoms with E-state index < -0.39 is 10.9 Å². The van der Waals surface area contributed by atoms with E-state index in [4.69, 9.17) is 21.1 Å². The first-order valence-electron chi connectivity index (χ1n) is 6.34. The monoisotopic (exact) mass is 337 g/mol. The SMILES string of the molecule is COC(=O)c1ccc(OC)cc1Oc1ccc([N+](=O)[O-])cc1Cl. The lowest BCUT2D eigenvalue weighted by Gasteiger charge is -2.12. The summed E-state index contributed by atoms with van der Waals surface area (Å²) in [5.41, 5.74) is 0.00361. The molecule has 2 aromatic carbocycles. The van der Waals surface area contributed by atoms with Crippen LogP contribution >= 0.6 is 11.6 Å². The van der Waals surface area contributed by atoms with Gasteiger partial charge in [0.25, 0.3) is 5.69 Å². The third-order valence-corrected chi connectivity index (χ3v) is 3.24. The number of benzene rings is 2. The van der Waals surface area contributed by atoms with Crippen molar-refractivity contribution in [2.24, 2.45) is 0 Å². The number of nitro benzene ring substituents is 1. The highest BCUT2D eigenvalue weighted by molar-refractivity contribution is 6.32. The number of rotatable bonds is 5. The first-order valence-corrected chi connectivity index (χ1v) is 6.72. The van der Waals surface area contributed by atoms with Gasteiger partial charge in [0.1, 0.15) is 22.8 Å². The van der Waals surface area contributed by atoms with Gasteiger partial charge in [-0.1, -0.05) is 11.6 Å². The molecule has 0 bridgehead atoms. The number of methoxy groups -OCH3 is 2. The molecule has 0 N–H and O–H groups in total. The Morgan fingerprint density at radius 2 is 1.87 bits per heavy atom. The van der Waals surface area contributed by atoms with Crippen LogP contribution in [0.1, 0.15) is 10.4 Å². The van der Waals surface area contributed by atoms with Crippen molar-refractivity contribution >= 4 is 23.3 Å². The van der Waals surface area contributed by atoms with Gasteiger partial charge in [-0.2, -0.15) is 0 Å². The van der Waals surface area contributed by atoms with Crippen LogP contribution in [0.25, 0.3) is 0 Å². The van der Waals surface area contributed by atoms with Crippen molar-refractivity contribution in [2.75, 3.05) is 14.2 Å². The van der Waals surface area contributed by atoms with Crippen molar-refractivity contribution in [3.05, 3.63) is 57.1 Å². The Bertz CT molecular complexity index is 762. The molecule has 0 aliphatic carbocycles. The third-order valence-electron chi connectivity index (χ3n) is 2.94. The summed E-state index contributed by atoms with van der Waals surface area (Å²) in [6.07, 6.45) is 0. The number of nitro groups is 1. The standard InChI is InChI=1S/C15H12ClNO6/c1-21-10-4-5-11(15(18)22-2)14(8-10)23-13-6-3-9(17(19)20)7-12(13)16/h3-8H,1-2H3. The maximum Gasteiger partial charge on any atom is 0.341 e. The Morgan fingerprint density at radius 3 is 2.43 bits per heavy atom. The van der Waals surface area contributed by atoms with Crippen molar-refractivity contribution < 1.29 is 23.9 Å². The molecule has 0 saturated heterocycles. The molecule has 2 rings (SSSR count). The average Bonchev–Trinajstić information content (AvgIpc) is 2.55. The first kappa shape index (κ1) is 16.6. The highest BCUT2D eigenvalue weighted by Crippen LogP contribution is 2.35. The number of carbonyl (C=O) groups is 1. The smallest absolute Gasteiger partial charge is 0.341 e. The Hall–Kier alpha value is -2.80. The predicted molar refractivity (Wildman–Crippen MR) is 82.5 cm³/mol. The van der Waals surface area contributed by atoms with Crippen LogP contribution in [-0.4, -0.2) is 25.1 Å². The number of hydrogen-bond acceptors (Lipinski definition) is 6. The Labute approximate surface area is 136 Å². The second-order valence-corrected chi connectivity index (χ2v) is 4.73. The van der Waals surface area contributed by atoms with E-state index in [1.54, 1.807) is 6.07 Å². The van der Waals surface area contributed by atoms with Crippen molar-refractivity contribution in [3.63, 3.8) is 0 Å². The summed E-state index contributed by atoms with van der Waals surface area (Å²) in [4.78, 5) is 21.9. The molecular formula is C15H12ClNO6. The van der Waals surface area contributed by atoms with Crippen LogP contribution in [-0.2, 0) is 4.74 Å². The summed E-state index contributed by atoms with van der Waals surface area (Å²) in [5.74, 6) is 0.189. The van der Waals surface area contributed by atoms with Gasteiger partial charge in [-0.25, -0.2) is 4.79 Å². The summed E-state index contributed by atoms with van der Waals surface area (Å²) in [6.45, 7) is 0. The maximum absolute atomic E-state index is 11.8. The van der Waals surface area contributed by atoms with E-state index in [1.165, 1.54) is 38.5 Å². The summed E-state index contributed by atoms with van der Waals surface area (Å²) in [6, 6.07) is 8.31. The van der Waals surface area contributed by atoms with Gasteiger partial charge in [-0.05, 0) is 18.2 Å². The van der Waals surface area contributed by atoms with Gasteiger partial charge in [0.2, 0.25) is 0 Å². The lowest BCUT2D eigenvalue weighted by Crippen LogP contribution is -2.04. The highest BCUT2D eigenvalue weighted by atomic mass is 35.5. The van der Waals surface area contributed by atoms with Crippen LogP contribution in [0.2, 0.25) is 5.02 Å². The van der Waals surface area contributed by atoms with Crippen LogP contribution in [0.4, 0.5) is 5.69 Å². The first-order chi connectivity index (χ1) is 11.0. The Kier molecular flexibility index (Phi) is 5.02. The number of ether oxygens (including phenoxy) is 3. The summed E-state index contributed by atoms with van der Waals surface area (Å²) in [7, 11) is 2.71. The van der Waals surface area contributed by atoms with Crippen molar-refractivity contribution in [1.29, 1.82) is 0 Å². The van der Waals surface area contributed by atoms with E-state index in [-0.39, 0.29) is 27.8 Å². The van der Waals surface area contributed by atoms with Gasteiger partial charge >= 0.3 is 5.97 Å². The van der Waals surface area contributed by atoms with Crippen LogP contribution in [0.3, 0.4) is 0 Å².